The Morgan fingerprint density at radius 2 is 1.81 bits per heavy atom. The summed E-state index contributed by atoms with van der Waals surface area (Å²) in [7, 11) is 0. The second-order valence-corrected chi connectivity index (χ2v) is 5.51. The molecule has 1 aromatic rings. The molecule has 4 aliphatic carbocycles. The predicted molar refractivity (Wildman–Crippen MR) is 61.4 cm³/mol. The summed E-state index contributed by atoms with van der Waals surface area (Å²) in [6, 6.07) is 10.2. The van der Waals surface area contributed by atoms with Gasteiger partial charge in [0, 0.05) is 5.92 Å². The molecule has 4 fully saturated rings. The van der Waals surface area contributed by atoms with E-state index in [1.807, 2.05) is 18.2 Å². The topological polar surface area (TPSA) is 32.6 Å². The van der Waals surface area contributed by atoms with Crippen LogP contribution in [0.2, 0.25) is 0 Å². The molecular formula is C14H15NO. The van der Waals surface area contributed by atoms with Crippen molar-refractivity contribution in [1.82, 2.24) is 0 Å². The molecule has 5 rings (SSSR count). The van der Waals surface area contributed by atoms with Crippen molar-refractivity contribution in [3.05, 3.63) is 35.9 Å². The zero-order valence-corrected chi connectivity index (χ0v) is 9.08. The van der Waals surface area contributed by atoms with Gasteiger partial charge in [0.2, 0.25) is 0 Å². The quantitative estimate of drug-likeness (QED) is 0.457. The van der Waals surface area contributed by atoms with Gasteiger partial charge in [-0.2, -0.15) is 0 Å². The third-order valence-corrected chi connectivity index (χ3v) is 4.96. The van der Waals surface area contributed by atoms with Crippen molar-refractivity contribution >= 4 is 5.71 Å². The maximum absolute atomic E-state index is 9.30. The maximum Gasteiger partial charge on any atom is 0.0904 e. The molecule has 0 aromatic heterocycles. The highest BCUT2D eigenvalue weighted by molar-refractivity contribution is 6.03. The Balaban J connectivity index is 1.72. The Hall–Kier alpha value is -1.31. The van der Waals surface area contributed by atoms with Gasteiger partial charge in [-0.1, -0.05) is 35.5 Å². The van der Waals surface area contributed by atoms with E-state index in [1.54, 1.807) is 0 Å². The minimum absolute atomic E-state index is 0.544. The Kier molecular flexibility index (Phi) is 1.58. The van der Waals surface area contributed by atoms with E-state index in [1.165, 1.54) is 12.8 Å². The zero-order valence-electron chi connectivity index (χ0n) is 9.08. The fraction of sp³-hybridized carbons (Fsp3) is 0.500. The lowest BCUT2D eigenvalue weighted by Crippen LogP contribution is -2.19. The van der Waals surface area contributed by atoms with Gasteiger partial charge in [0.25, 0.3) is 0 Å². The zero-order chi connectivity index (χ0) is 10.7. The monoisotopic (exact) mass is 213 g/mol. The Bertz CT molecular complexity index is 439. The summed E-state index contributed by atoms with van der Waals surface area (Å²) in [4.78, 5) is 0. The van der Waals surface area contributed by atoms with Crippen LogP contribution in [0, 0.1) is 29.6 Å². The fourth-order valence-electron chi connectivity index (χ4n) is 4.41. The molecule has 2 heteroatoms. The van der Waals surface area contributed by atoms with Crippen molar-refractivity contribution < 1.29 is 5.21 Å². The van der Waals surface area contributed by atoms with E-state index in [-0.39, 0.29) is 0 Å². The van der Waals surface area contributed by atoms with Crippen LogP contribution in [-0.4, -0.2) is 10.9 Å². The van der Waals surface area contributed by atoms with Crippen LogP contribution in [-0.2, 0) is 0 Å². The number of rotatable bonds is 2. The van der Waals surface area contributed by atoms with Crippen LogP contribution < -0.4 is 0 Å². The molecule has 0 saturated heterocycles. The van der Waals surface area contributed by atoms with E-state index in [4.69, 9.17) is 0 Å². The fourth-order valence-corrected chi connectivity index (χ4v) is 4.41. The highest BCUT2D eigenvalue weighted by Gasteiger charge is 2.69. The molecule has 82 valence electrons. The van der Waals surface area contributed by atoms with Crippen LogP contribution >= 0.6 is 0 Å². The minimum atomic E-state index is 0.544. The van der Waals surface area contributed by atoms with E-state index in [9.17, 15) is 5.21 Å². The second-order valence-electron chi connectivity index (χ2n) is 5.51. The normalized spacial score (nSPS) is 43.8. The molecule has 0 amide bonds. The molecular weight excluding hydrogens is 198 g/mol. The van der Waals surface area contributed by atoms with Gasteiger partial charge in [0.1, 0.15) is 0 Å². The number of benzene rings is 1. The largest absolute Gasteiger partial charge is 0.411 e. The van der Waals surface area contributed by atoms with Gasteiger partial charge in [-0.05, 0) is 42.1 Å². The van der Waals surface area contributed by atoms with Crippen LogP contribution in [0.15, 0.2) is 35.5 Å². The van der Waals surface area contributed by atoms with Gasteiger partial charge < -0.3 is 5.21 Å². The van der Waals surface area contributed by atoms with Crippen molar-refractivity contribution in [2.24, 2.45) is 34.7 Å². The van der Waals surface area contributed by atoms with Gasteiger partial charge in [-0.15, -0.1) is 0 Å². The third kappa shape index (κ3) is 0.952. The van der Waals surface area contributed by atoms with E-state index in [0.29, 0.717) is 5.92 Å². The summed E-state index contributed by atoms with van der Waals surface area (Å²) in [5.74, 6) is 4.12. The first-order chi connectivity index (χ1) is 7.90. The Labute approximate surface area is 95.0 Å². The molecule has 4 saturated carbocycles. The van der Waals surface area contributed by atoms with Crippen LogP contribution in [0.25, 0.3) is 0 Å². The number of oxime groups is 1. The third-order valence-electron chi connectivity index (χ3n) is 4.96. The van der Waals surface area contributed by atoms with Crippen molar-refractivity contribution in [3.63, 3.8) is 0 Å². The second kappa shape index (κ2) is 2.88. The molecule has 4 bridgehead atoms. The predicted octanol–water partition coefficient (Wildman–Crippen LogP) is 2.77. The number of hydrogen-bond donors (Lipinski definition) is 1. The number of nitrogens with zero attached hydrogens (tertiary/aromatic N) is 1. The summed E-state index contributed by atoms with van der Waals surface area (Å²) in [5.41, 5.74) is 2.05. The molecule has 2 nitrogen and oxygen atoms in total. The average Bonchev–Trinajstić information content (AvgIpc) is 2.76. The summed E-state index contributed by atoms with van der Waals surface area (Å²) < 4.78 is 0. The molecule has 16 heavy (non-hydrogen) atoms. The van der Waals surface area contributed by atoms with Gasteiger partial charge in [-0.25, -0.2) is 0 Å². The first-order valence-electron chi connectivity index (χ1n) is 6.17. The lowest BCUT2D eigenvalue weighted by atomic mass is 9.89. The minimum Gasteiger partial charge on any atom is -0.411 e. The summed E-state index contributed by atoms with van der Waals surface area (Å²) in [5, 5.41) is 12.9. The standard InChI is InChI=1S/C14H15NO/c16-15-14(8-4-2-1-3-5-8)12-9-6-10-11(7-9)13(10)12/h1-5,9-13,16H,6-7H2/b15-14-/t9?,10-,11+,12-,13?/m1/s1. The van der Waals surface area contributed by atoms with E-state index in [0.717, 1.165) is 34.9 Å². The molecule has 1 aromatic carbocycles. The highest BCUT2D eigenvalue weighted by atomic mass is 16.4. The smallest absolute Gasteiger partial charge is 0.0904 e. The lowest BCUT2D eigenvalue weighted by molar-refractivity contribution is 0.312. The maximum atomic E-state index is 9.30. The average molecular weight is 213 g/mol. The summed E-state index contributed by atoms with van der Waals surface area (Å²) >= 11 is 0. The van der Waals surface area contributed by atoms with Gasteiger partial charge >= 0.3 is 0 Å². The molecule has 0 radical (unpaired) electrons. The number of hydrogen-bond acceptors (Lipinski definition) is 2. The molecule has 1 N–H and O–H groups in total. The van der Waals surface area contributed by atoms with E-state index in [2.05, 4.69) is 17.3 Å². The first kappa shape index (κ1) is 8.80. The molecule has 0 spiro atoms. The first-order valence-corrected chi connectivity index (χ1v) is 6.17. The van der Waals surface area contributed by atoms with Crippen LogP contribution in [0.5, 0.6) is 0 Å². The molecule has 4 aliphatic rings. The van der Waals surface area contributed by atoms with Crippen molar-refractivity contribution in [2.45, 2.75) is 12.8 Å². The van der Waals surface area contributed by atoms with E-state index < -0.39 is 0 Å². The molecule has 0 heterocycles. The van der Waals surface area contributed by atoms with Gasteiger partial charge in [-0.3, -0.25) is 0 Å². The van der Waals surface area contributed by atoms with Gasteiger partial charge in [0.05, 0.1) is 5.71 Å². The molecule has 0 aliphatic heterocycles. The Morgan fingerprint density at radius 1 is 1.12 bits per heavy atom. The lowest BCUT2D eigenvalue weighted by Gasteiger charge is -2.16. The summed E-state index contributed by atoms with van der Waals surface area (Å²) in [6.07, 6.45) is 2.76. The Morgan fingerprint density at radius 3 is 2.31 bits per heavy atom. The van der Waals surface area contributed by atoms with Crippen LogP contribution in [0.4, 0.5) is 0 Å². The highest BCUT2D eigenvalue weighted by Crippen LogP contribution is 2.73. The van der Waals surface area contributed by atoms with Crippen molar-refractivity contribution in [1.29, 1.82) is 0 Å². The summed E-state index contributed by atoms with van der Waals surface area (Å²) in [6.45, 7) is 0. The molecule has 5 atom stereocenters. The van der Waals surface area contributed by atoms with Crippen LogP contribution in [0.3, 0.4) is 0 Å². The van der Waals surface area contributed by atoms with Crippen molar-refractivity contribution in [2.75, 3.05) is 0 Å². The van der Waals surface area contributed by atoms with Gasteiger partial charge in [0.15, 0.2) is 0 Å². The van der Waals surface area contributed by atoms with Crippen molar-refractivity contribution in [3.8, 4) is 0 Å². The van der Waals surface area contributed by atoms with Crippen LogP contribution in [0.1, 0.15) is 18.4 Å². The molecule has 2 unspecified atom stereocenters. The van der Waals surface area contributed by atoms with E-state index >= 15 is 0 Å². The SMILES string of the molecule is O/N=C(/c1ccccc1)[C@@H]1C2C[C@@H]3C1[C@@H]3C2.